The molecule has 0 spiro atoms. The van der Waals surface area contributed by atoms with Crippen LogP contribution in [0.15, 0.2) is 27.5 Å². The first-order chi connectivity index (χ1) is 13.1. The molecular formula is C20H25N3O3S. The van der Waals surface area contributed by atoms with Gasteiger partial charge < -0.3 is 4.42 Å². The van der Waals surface area contributed by atoms with Crippen molar-refractivity contribution in [1.29, 1.82) is 0 Å². The van der Waals surface area contributed by atoms with Crippen LogP contribution in [0, 0.1) is 0 Å². The highest BCUT2D eigenvalue weighted by Gasteiger charge is 2.34. The maximum atomic E-state index is 13.1. The van der Waals surface area contributed by atoms with E-state index < -0.39 is 10.0 Å². The van der Waals surface area contributed by atoms with E-state index in [0.29, 0.717) is 29.8 Å². The fourth-order valence-electron chi connectivity index (χ4n) is 4.27. The average molecular weight is 388 g/mol. The number of sulfonamides is 1. The van der Waals surface area contributed by atoms with Crippen LogP contribution in [-0.2, 0) is 22.9 Å². The van der Waals surface area contributed by atoms with Crippen LogP contribution in [0.4, 0.5) is 0 Å². The van der Waals surface area contributed by atoms with Crippen molar-refractivity contribution in [2.24, 2.45) is 0 Å². The van der Waals surface area contributed by atoms with E-state index >= 15 is 0 Å². The summed E-state index contributed by atoms with van der Waals surface area (Å²) in [7, 11) is -3.43. The van der Waals surface area contributed by atoms with E-state index in [4.69, 9.17) is 4.42 Å². The number of aryl methyl sites for hydroxylation is 2. The van der Waals surface area contributed by atoms with Crippen molar-refractivity contribution in [1.82, 2.24) is 14.5 Å². The summed E-state index contributed by atoms with van der Waals surface area (Å²) in [6.07, 6.45) is 8.14. The fraction of sp³-hybridized carbons (Fsp3) is 0.600. The van der Waals surface area contributed by atoms with Gasteiger partial charge in [-0.05, 0) is 74.6 Å². The molecule has 1 saturated heterocycles. The summed E-state index contributed by atoms with van der Waals surface area (Å²) < 4.78 is 33.6. The van der Waals surface area contributed by atoms with Crippen LogP contribution in [0.3, 0.4) is 0 Å². The quantitative estimate of drug-likeness (QED) is 0.804. The van der Waals surface area contributed by atoms with Gasteiger partial charge in [0.2, 0.25) is 21.8 Å². The molecule has 2 aromatic rings. The minimum absolute atomic E-state index is 0.167. The third-order valence-electron chi connectivity index (χ3n) is 6.14. The van der Waals surface area contributed by atoms with E-state index in [1.807, 2.05) is 12.1 Å². The molecule has 27 heavy (non-hydrogen) atoms. The van der Waals surface area contributed by atoms with Gasteiger partial charge in [0.15, 0.2) is 0 Å². The summed E-state index contributed by atoms with van der Waals surface area (Å²) in [5.41, 5.74) is 2.51. The molecule has 0 bridgehead atoms. The Balaban J connectivity index is 1.29. The molecule has 144 valence electrons. The zero-order valence-electron chi connectivity index (χ0n) is 15.4. The van der Waals surface area contributed by atoms with E-state index in [2.05, 4.69) is 10.2 Å². The van der Waals surface area contributed by atoms with Gasteiger partial charge in [-0.25, -0.2) is 8.42 Å². The van der Waals surface area contributed by atoms with E-state index in [0.717, 1.165) is 50.8 Å². The first-order valence-electron chi connectivity index (χ1n) is 10.1. The first-order valence-corrected chi connectivity index (χ1v) is 11.5. The predicted octanol–water partition coefficient (Wildman–Crippen LogP) is 3.39. The molecule has 2 heterocycles. The number of benzene rings is 1. The molecule has 6 nitrogen and oxygen atoms in total. The van der Waals surface area contributed by atoms with Gasteiger partial charge in [0.1, 0.15) is 0 Å². The molecule has 1 aliphatic heterocycles. The number of hydrogen-bond acceptors (Lipinski definition) is 5. The van der Waals surface area contributed by atoms with Gasteiger partial charge in [-0.15, -0.1) is 10.2 Å². The topological polar surface area (TPSA) is 76.3 Å². The lowest BCUT2D eigenvalue weighted by Crippen LogP contribution is -2.38. The zero-order chi connectivity index (χ0) is 18.4. The molecule has 0 N–H and O–H groups in total. The number of hydrogen-bond donors (Lipinski definition) is 0. The summed E-state index contributed by atoms with van der Waals surface area (Å²) in [6.45, 7) is 1.01. The van der Waals surface area contributed by atoms with Gasteiger partial charge in [0.25, 0.3) is 0 Å². The molecular weight excluding hydrogens is 362 g/mol. The van der Waals surface area contributed by atoms with Crippen molar-refractivity contribution in [3.05, 3.63) is 41.1 Å². The third-order valence-corrected chi connectivity index (χ3v) is 8.04. The van der Waals surface area contributed by atoms with Crippen LogP contribution < -0.4 is 0 Å². The predicted molar refractivity (Wildman–Crippen MR) is 100 cm³/mol. The summed E-state index contributed by atoms with van der Waals surface area (Å²) in [4.78, 5) is 0.440. The smallest absolute Gasteiger partial charge is 0.243 e. The average Bonchev–Trinajstić information content (AvgIpc) is 3.44. The summed E-state index contributed by atoms with van der Waals surface area (Å²) >= 11 is 0. The molecule has 3 aliphatic rings. The van der Waals surface area contributed by atoms with E-state index in [-0.39, 0.29) is 5.92 Å². The Morgan fingerprint density at radius 3 is 2.19 bits per heavy atom. The Kier molecular flexibility index (Phi) is 4.31. The van der Waals surface area contributed by atoms with Gasteiger partial charge in [-0.1, -0.05) is 6.07 Å². The molecule has 5 rings (SSSR count). The number of nitrogens with zero attached hydrogens (tertiary/aromatic N) is 3. The molecule has 0 atom stereocenters. The minimum atomic E-state index is -3.43. The minimum Gasteiger partial charge on any atom is -0.425 e. The Hall–Kier alpha value is -1.73. The number of piperidine rings is 1. The van der Waals surface area contributed by atoms with Crippen molar-refractivity contribution in [2.75, 3.05) is 13.1 Å². The molecule has 1 aromatic heterocycles. The molecule has 0 unspecified atom stereocenters. The van der Waals surface area contributed by atoms with Crippen LogP contribution in [0.2, 0.25) is 0 Å². The van der Waals surface area contributed by atoms with E-state index in [9.17, 15) is 8.42 Å². The lowest BCUT2D eigenvalue weighted by Gasteiger charge is -2.30. The second-order valence-electron chi connectivity index (χ2n) is 8.07. The van der Waals surface area contributed by atoms with Gasteiger partial charge in [0.05, 0.1) is 4.90 Å². The number of aromatic nitrogens is 2. The van der Waals surface area contributed by atoms with Crippen LogP contribution in [0.5, 0.6) is 0 Å². The molecule has 1 saturated carbocycles. The fourth-order valence-corrected chi connectivity index (χ4v) is 5.79. The largest absolute Gasteiger partial charge is 0.425 e. The summed E-state index contributed by atoms with van der Waals surface area (Å²) in [6, 6.07) is 5.69. The SMILES string of the molecule is O=S(=O)(c1ccc2c(c1)CCCC2)N1CCC(c2nnc(C3CC3)o2)CC1. The normalized spacial score (nSPS) is 21.9. The van der Waals surface area contributed by atoms with E-state index in [1.54, 1.807) is 10.4 Å². The molecule has 2 fully saturated rings. The molecule has 1 aromatic carbocycles. The lowest BCUT2D eigenvalue weighted by molar-refractivity contribution is 0.286. The molecule has 0 amide bonds. The summed E-state index contributed by atoms with van der Waals surface area (Å²) in [5.74, 6) is 2.06. The van der Waals surface area contributed by atoms with Crippen LogP contribution in [0.25, 0.3) is 0 Å². The van der Waals surface area contributed by atoms with Crippen LogP contribution >= 0.6 is 0 Å². The number of rotatable bonds is 4. The summed E-state index contributed by atoms with van der Waals surface area (Å²) in [5, 5.41) is 8.37. The van der Waals surface area contributed by atoms with Gasteiger partial charge in [-0.2, -0.15) is 4.31 Å². The van der Waals surface area contributed by atoms with Crippen LogP contribution in [-0.4, -0.2) is 36.0 Å². The maximum absolute atomic E-state index is 13.1. The van der Waals surface area contributed by atoms with Crippen LogP contribution in [0.1, 0.15) is 73.3 Å². The van der Waals surface area contributed by atoms with E-state index in [1.165, 1.54) is 17.5 Å². The van der Waals surface area contributed by atoms with Gasteiger partial charge in [-0.3, -0.25) is 0 Å². The van der Waals surface area contributed by atoms with Crippen molar-refractivity contribution < 1.29 is 12.8 Å². The van der Waals surface area contributed by atoms with Crippen molar-refractivity contribution in [3.8, 4) is 0 Å². The monoisotopic (exact) mass is 387 g/mol. The number of fused-ring (bicyclic) bond motifs is 1. The lowest BCUT2D eigenvalue weighted by atomic mass is 9.92. The molecule has 0 radical (unpaired) electrons. The zero-order valence-corrected chi connectivity index (χ0v) is 16.2. The first kappa shape index (κ1) is 17.4. The Morgan fingerprint density at radius 2 is 1.52 bits per heavy atom. The second kappa shape index (κ2) is 6.71. The Morgan fingerprint density at radius 1 is 0.889 bits per heavy atom. The Bertz CT molecular complexity index is 941. The highest BCUT2D eigenvalue weighted by molar-refractivity contribution is 7.89. The third kappa shape index (κ3) is 3.31. The molecule has 7 heteroatoms. The van der Waals surface area contributed by atoms with Gasteiger partial charge in [0, 0.05) is 24.9 Å². The second-order valence-corrected chi connectivity index (χ2v) is 10.0. The van der Waals surface area contributed by atoms with Crippen molar-refractivity contribution in [2.45, 2.75) is 68.1 Å². The Labute approximate surface area is 160 Å². The highest BCUT2D eigenvalue weighted by Crippen LogP contribution is 2.40. The standard InChI is InChI=1S/C20H25N3O3S/c24-27(25,18-8-7-14-3-1-2-4-17(14)13-18)23-11-9-16(10-12-23)20-22-21-19(26-20)15-5-6-15/h7-8,13,15-16H,1-6,9-12H2. The molecule has 2 aliphatic carbocycles. The van der Waals surface area contributed by atoms with Crippen molar-refractivity contribution in [3.63, 3.8) is 0 Å². The van der Waals surface area contributed by atoms with Gasteiger partial charge >= 0.3 is 0 Å². The maximum Gasteiger partial charge on any atom is 0.243 e. The van der Waals surface area contributed by atoms with Crippen molar-refractivity contribution >= 4 is 10.0 Å². The highest BCUT2D eigenvalue weighted by atomic mass is 32.2.